The Labute approximate surface area is 92.7 Å². The topological polar surface area (TPSA) is 0 Å². The van der Waals surface area contributed by atoms with Gasteiger partial charge in [0.1, 0.15) is 0 Å². The van der Waals surface area contributed by atoms with E-state index in [4.69, 9.17) is 0 Å². The molecule has 0 heterocycles. The van der Waals surface area contributed by atoms with Gasteiger partial charge in [-0.3, -0.25) is 0 Å². The number of hydrogen-bond acceptors (Lipinski definition) is 0. The van der Waals surface area contributed by atoms with E-state index >= 15 is 0 Å². The first-order valence-corrected chi connectivity index (χ1v) is 9.68. The average molecular weight is 261 g/mol. The van der Waals surface area contributed by atoms with Gasteiger partial charge in [0.2, 0.25) is 0 Å². The van der Waals surface area contributed by atoms with Crippen LogP contribution in [0, 0.1) is 11.5 Å². The number of rotatable bonds is 4. The zero-order chi connectivity index (χ0) is 10.3. The van der Waals surface area contributed by atoms with Crippen LogP contribution < -0.4 is 0 Å². The molecule has 0 amide bonds. The third kappa shape index (κ3) is 12.3. The Morgan fingerprint density at radius 2 is 1.85 bits per heavy atom. The van der Waals surface area contributed by atoms with Gasteiger partial charge in [0, 0.05) is 0 Å². The number of unbranched alkanes of at least 4 members (excludes halogenated alkanes) is 2. The summed E-state index contributed by atoms with van der Waals surface area (Å²) in [5, 5.41) is 0. The maximum atomic E-state index is 3.39. The summed E-state index contributed by atoms with van der Waals surface area (Å²) in [7, 11) is -1.10. The van der Waals surface area contributed by atoms with Gasteiger partial charge in [-0.05, 0) is 0 Å². The maximum absolute atomic E-state index is 3.39. The van der Waals surface area contributed by atoms with E-state index in [1.54, 1.807) is 0 Å². The molecule has 0 aromatic rings. The van der Waals surface area contributed by atoms with Gasteiger partial charge in [0.25, 0.3) is 0 Å². The van der Waals surface area contributed by atoms with Crippen molar-refractivity contribution >= 4 is 24.1 Å². The van der Waals surface area contributed by atoms with Crippen molar-refractivity contribution in [3.63, 3.8) is 0 Å². The van der Waals surface area contributed by atoms with E-state index in [1.165, 1.54) is 19.3 Å². The summed E-state index contributed by atoms with van der Waals surface area (Å²) >= 11 is 2.71. The Morgan fingerprint density at radius 1 is 1.23 bits per heavy atom. The summed E-state index contributed by atoms with van der Waals surface area (Å²) in [6.07, 6.45) is 5.04. The van der Waals surface area contributed by atoms with Crippen LogP contribution in [0.2, 0.25) is 24.5 Å². The van der Waals surface area contributed by atoms with Crippen LogP contribution in [-0.2, 0) is 0 Å². The van der Waals surface area contributed by atoms with Gasteiger partial charge in [0.05, 0.1) is 0 Å². The summed E-state index contributed by atoms with van der Waals surface area (Å²) < 4.78 is 0. The normalized spacial score (nSPS) is 13.3. The van der Waals surface area contributed by atoms with E-state index in [0.29, 0.717) is 0 Å². The van der Waals surface area contributed by atoms with Crippen LogP contribution in [-0.4, -0.2) is 24.1 Å². The summed E-state index contributed by atoms with van der Waals surface area (Å²) in [5.41, 5.74) is 3.39. The van der Waals surface area contributed by atoms with Crippen LogP contribution in [0.5, 0.6) is 0 Å². The fourth-order valence-corrected chi connectivity index (χ4v) is 2.02. The molecular formula is C11H22SeSi. The first-order valence-electron chi connectivity index (χ1n) is 5.10. The van der Waals surface area contributed by atoms with Crippen molar-refractivity contribution in [1.82, 2.24) is 0 Å². The molecule has 0 saturated carbocycles. The molecule has 76 valence electrons. The molecule has 0 aliphatic heterocycles. The van der Waals surface area contributed by atoms with E-state index < -0.39 is 8.07 Å². The molecule has 0 spiro atoms. The third-order valence-electron chi connectivity index (χ3n) is 1.64. The molecule has 13 heavy (non-hydrogen) atoms. The minimum absolute atomic E-state index is 0.789. The van der Waals surface area contributed by atoms with Crippen LogP contribution in [0.1, 0.15) is 32.6 Å². The molecule has 0 fully saturated rings. The molecule has 0 unspecified atom stereocenters. The zero-order valence-corrected chi connectivity index (χ0v) is 12.2. The summed E-state index contributed by atoms with van der Waals surface area (Å²) in [6.45, 7) is 9.15. The summed E-state index contributed by atoms with van der Waals surface area (Å²) in [5.74, 6) is 3.31. The van der Waals surface area contributed by atoms with Crippen molar-refractivity contribution in [2.45, 2.75) is 57.1 Å². The van der Waals surface area contributed by atoms with Crippen molar-refractivity contribution in [2.75, 3.05) is 0 Å². The van der Waals surface area contributed by atoms with Crippen LogP contribution >= 0.6 is 0 Å². The zero-order valence-electron chi connectivity index (χ0n) is 9.35. The second kappa shape index (κ2) is 6.71. The fraction of sp³-hybridized carbons (Fsp3) is 0.818. The molecule has 0 aliphatic rings. The van der Waals surface area contributed by atoms with E-state index in [-0.39, 0.29) is 0 Å². The molecule has 0 radical (unpaired) electrons. The van der Waals surface area contributed by atoms with Crippen LogP contribution in [0.4, 0.5) is 0 Å². The van der Waals surface area contributed by atoms with Crippen molar-refractivity contribution in [2.24, 2.45) is 0 Å². The van der Waals surface area contributed by atoms with E-state index in [0.717, 1.165) is 11.2 Å². The van der Waals surface area contributed by atoms with Crippen LogP contribution in [0.3, 0.4) is 0 Å². The Hall–Kier alpha value is 0.296. The molecule has 1 atom stereocenters. The Morgan fingerprint density at radius 3 is 2.31 bits per heavy atom. The predicted octanol–water partition coefficient (Wildman–Crippen LogP) is 3.14. The minimum atomic E-state index is -1.10. The van der Waals surface area contributed by atoms with Gasteiger partial charge in [0.15, 0.2) is 0 Å². The first-order chi connectivity index (χ1) is 5.92. The second-order valence-electron chi connectivity index (χ2n) is 4.65. The standard InChI is InChI=1S/C11H22SeSi/c1-11(12)9-7-5-6-8-10-13(2,3)4/h11-12H,5-7,9H2,1-4H3/t11-/m1/s1. The molecule has 0 aromatic heterocycles. The Balaban J connectivity index is 3.39. The Kier molecular flexibility index (Phi) is 6.86. The van der Waals surface area contributed by atoms with Gasteiger partial charge in [-0.25, -0.2) is 0 Å². The third-order valence-corrected chi connectivity index (χ3v) is 3.11. The van der Waals surface area contributed by atoms with Crippen molar-refractivity contribution in [3.05, 3.63) is 0 Å². The predicted molar refractivity (Wildman–Crippen MR) is 66.2 cm³/mol. The van der Waals surface area contributed by atoms with Gasteiger partial charge in [-0.1, -0.05) is 0 Å². The molecular weight excluding hydrogens is 239 g/mol. The SMILES string of the molecule is C[C@@H]([SeH])CCCCC#C[Si](C)(C)C. The summed E-state index contributed by atoms with van der Waals surface area (Å²) in [4.78, 5) is 0.789. The molecule has 0 rings (SSSR count). The second-order valence-corrected chi connectivity index (χ2v) is 11.2. The van der Waals surface area contributed by atoms with Crippen LogP contribution in [0.25, 0.3) is 0 Å². The summed E-state index contributed by atoms with van der Waals surface area (Å²) in [6, 6.07) is 0. The van der Waals surface area contributed by atoms with Gasteiger partial charge >= 0.3 is 92.6 Å². The van der Waals surface area contributed by atoms with Crippen molar-refractivity contribution < 1.29 is 0 Å². The van der Waals surface area contributed by atoms with E-state index in [2.05, 4.69) is 54.0 Å². The number of hydrogen-bond donors (Lipinski definition) is 0. The molecule has 0 saturated heterocycles. The molecule has 0 aliphatic carbocycles. The average Bonchev–Trinajstić information content (AvgIpc) is 1.93. The Bertz CT molecular complexity index is 180. The van der Waals surface area contributed by atoms with E-state index in [1.807, 2.05) is 0 Å². The monoisotopic (exact) mass is 262 g/mol. The van der Waals surface area contributed by atoms with Gasteiger partial charge in [-0.2, -0.15) is 0 Å². The van der Waals surface area contributed by atoms with Crippen molar-refractivity contribution in [3.8, 4) is 11.5 Å². The molecule has 2 heteroatoms. The van der Waals surface area contributed by atoms with Crippen LogP contribution in [0.15, 0.2) is 0 Å². The van der Waals surface area contributed by atoms with E-state index in [9.17, 15) is 0 Å². The van der Waals surface area contributed by atoms with Gasteiger partial charge in [-0.15, -0.1) is 0 Å². The molecule has 0 N–H and O–H groups in total. The van der Waals surface area contributed by atoms with Crippen molar-refractivity contribution in [1.29, 1.82) is 0 Å². The first kappa shape index (κ1) is 13.3. The fourth-order valence-electron chi connectivity index (χ4n) is 0.981. The molecule has 0 nitrogen and oxygen atoms in total. The molecule has 0 aromatic carbocycles. The van der Waals surface area contributed by atoms with Gasteiger partial charge < -0.3 is 0 Å². The quantitative estimate of drug-likeness (QED) is 0.414. The molecule has 0 bridgehead atoms.